The van der Waals surface area contributed by atoms with Crippen molar-refractivity contribution in [3.05, 3.63) is 95.6 Å². The standard InChI is InChI=1S/C24H28O/c1-22(2,19-11-7-5-8-12-19)20-15-17-24(25,18-16-20)23(3,4)21-13-9-6-10-14-21/h5-17,25H,18H2,1-4H3. The van der Waals surface area contributed by atoms with Crippen molar-refractivity contribution >= 4 is 0 Å². The van der Waals surface area contributed by atoms with Gasteiger partial charge in [0.1, 0.15) is 0 Å². The summed E-state index contributed by atoms with van der Waals surface area (Å²) in [5, 5.41) is 11.4. The summed E-state index contributed by atoms with van der Waals surface area (Å²) in [6.45, 7) is 8.72. The molecule has 1 N–H and O–H groups in total. The van der Waals surface area contributed by atoms with E-state index in [-0.39, 0.29) is 10.8 Å². The summed E-state index contributed by atoms with van der Waals surface area (Å²) >= 11 is 0. The van der Waals surface area contributed by atoms with Gasteiger partial charge in [-0.05, 0) is 23.1 Å². The third-order valence-electron chi connectivity index (χ3n) is 5.97. The van der Waals surface area contributed by atoms with Gasteiger partial charge in [-0.2, -0.15) is 0 Å². The molecule has 0 fully saturated rings. The summed E-state index contributed by atoms with van der Waals surface area (Å²) in [6.07, 6.45) is 6.94. The first kappa shape index (κ1) is 17.7. The Morgan fingerprint density at radius 1 is 0.800 bits per heavy atom. The zero-order valence-corrected chi connectivity index (χ0v) is 15.7. The highest BCUT2D eigenvalue weighted by Gasteiger charge is 2.43. The molecule has 1 atom stereocenters. The molecule has 0 heterocycles. The molecule has 25 heavy (non-hydrogen) atoms. The van der Waals surface area contributed by atoms with E-state index in [1.54, 1.807) is 0 Å². The van der Waals surface area contributed by atoms with E-state index in [0.717, 1.165) is 5.56 Å². The van der Waals surface area contributed by atoms with Crippen LogP contribution in [0.15, 0.2) is 84.5 Å². The molecule has 1 nitrogen and oxygen atoms in total. The maximum absolute atomic E-state index is 11.4. The normalized spacial score (nSPS) is 21.1. The molecule has 0 aromatic heterocycles. The van der Waals surface area contributed by atoms with Gasteiger partial charge in [0.25, 0.3) is 0 Å². The number of hydrogen-bond donors (Lipinski definition) is 1. The van der Waals surface area contributed by atoms with Gasteiger partial charge < -0.3 is 5.11 Å². The Hall–Kier alpha value is -2.12. The molecule has 0 bridgehead atoms. The lowest BCUT2D eigenvalue weighted by atomic mass is 9.65. The molecule has 2 aromatic carbocycles. The first-order valence-electron chi connectivity index (χ1n) is 9.01. The number of hydrogen-bond acceptors (Lipinski definition) is 1. The van der Waals surface area contributed by atoms with Crippen molar-refractivity contribution in [2.45, 2.75) is 50.5 Å². The minimum atomic E-state index is -0.884. The van der Waals surface area contributed by atoms with Crippen LogP contribution in [0.25, 0.3) is 0 Å². The van der Waals surface area contributed by atoms with Crippen LogP contribution >= 0.6 is 0 Å². The van der Waals surface area contributed by atoms with Crippen LogP contribution in [0.4, 0.5) is 0 Å². The summed E-state index contributed by atoms with van der Waals surface area (Å²) in [5.41, 5.74) is 2.39. The number of allylic oxidation sites excluding steroid dienone is 2. The maximum Gasteiger partial charge on any atom is 0.0956 e. The van der Waals surface area contributed by atoms with E-state index >= 15 is 0 Å². The van der Waals surface area contributed by atoms with Crippen molar-refractivity contribution in [1.29, 1.82) is 0 Å². The summed E-state index contributed by atoms with van der Waals surface area (Å²) in [6, 6.07) is 20.8. The van der Waals surface area contributed by atoms with Crippen LogP contribution < -0.4 is 0 Å². The molecule has 0 amide bonds. The molecule has 0 saturated carbocycles. The quantitative estimate of drug-likeness (QED) is 0.777. The van der Waals surface area contributed by atoms with Crippen molar-refractivity contribution in [3.8, 4) is 0 Å². The Kier molecular flexibility index (Phi) is 4.47. The van der Waals surface area contributed by atoms with Gasteiger partial charge in [-0.1, -0.05) is 107 Å². The van der Waals surface area contributed by atoms with E-state index in [9.17, 15) is 5.11 Å². The lowest BCUT2D eigenvalue weighted by molar-refractivity contribution is 0.0213. The Morgan fingerprint density at radius 2 is 1.32 bits per heavy atom. The molecule has 1 aliphatic rings. The van der Waals surface area contributed by atoms with Crippen LogP contribution in [0.1, 0.15) is 45.2 Å². The SMILES string of the molecule is CC(C)(C1=CCC(O)(C(C)(C)c2ccccc2)C=C1)c1ccccc1. The van der Waals surface area contributed by atoms with Crippen molar-refractivity contribution in [1.82, 2.24) is 0 Å². The van der Waals surface area contributed by atoms with Gasteiger partial charge in [-0.15, -0.1) is 0 Å². The molecule has 1 unspecified atom stereocenters. The first-order chi connectivity index (χ1) is 11.8. The second-order valence-corrected chi connectivity index (χ2v) is 8.10. The molecule has 0 saturated heterocycles. The average Bonchev–Trinajstić information content (AvgIpc) is 2.63. The molecule has 0 spiro atoms. The van der Waals surface area contributed by atoms with E-state index in [1.165, 1.54) is 11.1 Å². The third-order valence-corrected chi connectivity index (χ3v) is 5.97. The van der Waals surface area contributed by atoms with Crippen LogP contribution in [-0.2, 0) is 10.8 Å². The molecule has 0 aliphatic heterocycles. The fraction of sp³-hybridized carbons (Fsp3) is 0.333. The summed E-state index contributed by atoms with van der Waals surface area (Å²) in [5.74, 6) is 0. The third kappa shape index (κ3) is 3.09. The smallest absolute Gasteiger partial charge is 0.0956 e. The number of aliphatic hydroxyl groups is 1. The highest BCUT2D eigenvalue weighted by atomic mass is 16.3. The van der Waals surface area contributed by atoms with Gasteiger partial charge in [0, 0.05) is 10.8 Å². The van der Waals surface area contributed by atoms with Crippen LogP contribution in [0.5, 0.6) is 0 Å². The highest BCUT2D eigenvalue weighted by molar-refractivity contribution is 5.45. The van der Waals surface area contributed by atoms with Crippen LogP contribution in [-0.4, -0.2) is 10.7 Å². The molecule has 1 heteroatoms. The summed E-state index contributed by atoms with van der Waals surface area (Å²) in [4.78, 5) is 0. The number of rotatable bonds is 4. The van der Waals surface area contributed by atoms with Crippen molar-refractivity contribution in [2.24, 2.45) is 0 Å². The van der Waals surface area contributed by atoms with E-state index < -0.39 is 5.60 Å². The van der Waals surface area contributed by atoms with Gasteiger partial charge in [0.05, 0.1) is 5.60 Å². The Morgan fingerprint density at radius 3 is 1.80 bits per heavy atom. The number of benzene rings is 2. The molecule has 1 aliphatic carbocycles. The van der Waals surface area contributed by atoms with E-state index in [1.807, 2.05) is 30.3 Å². The molecular formula is C24H28O. The molecule has 2 aromatic rings. The van der Waals surface area contributed by atoms with Gasteiger partial charge >= 0.3 is 0 Å². The van der Waals surface area contributed by atoms with Gasteiger partial charge in [0.2, 0.25) is 0 Å². The van der Waals surface area contributed by atoms with Crippen molar-refractivity contribution < 1.29 is 5.11 Å². The fourth-order valence-electron chi connectivity index (χ4n) is 3.68. The monoisotopic (exact) mass is 332 g/mol. The molecule has 3 rings (SSSR count). The zero-order valence-electron chi connectivity index (χ0n) is 15.7. The Labute approximate surface area is 151 Å². The topological polar surface area (TPSA) is 20.2 Å². The highest BCUT2D eigenvalue weighted by Crippen LogP contribution is 2.43. The van der Waals surface area contributed by atoms with Crippen LogP contribution in [0.2, 0.25) is 0 Å². The molecule has 130 valence electrons. The second-order valence-electron chi connectivity index (χ2n) is 8.10. The maximum atomic E-state index is 11.4. The first-order valence-corrected chi connectivity index (χ1v) is 9.01. The average molecular weight is 332 g/mol. The van der Waals surface area contributed by atoms with E-state index in [4.69, 9.17) is 0 Å². The largest absolute Gasteiger partial charge is 0.385 e. The van der Waals surface area contributed by atoms with Crippen LogP contribution in [0.3, 0.4) is 0 Å². The fourth-order valence-corrected chi connectivity index (χ4v) is 3.68. The predicted molar refractivity (Wildman–Crippen MR) is 106 cm³/mol. The second kappa shape index (κ2) is 6.31. The lowest BCUT2D eigenvalue weighted by Gasteiger charge is -2.43. The summed E-state index contributed by atoms with van der Waals surface area (Å²) in [7, 11) is 0. The van der Waals surface area contributed by atoms with Gasteiger partial charge in [-0.25, -0.2) is 0 Å². The predicted octanol–water partition coefficient (Wildman–Crippen LogP) is 5.56. The van der Waals surface area contributed by atoms with E-state index in [2.05, 4.69) is 76.2 Å². The van der Waals surface area contributed by atoms with Gasteiger partial charge in [-0.3, -0.25) is 0 Å². The van der Waals surface area contributed by atoms with Crippen LogP contribution in [0, 0.1) is 0 Å². The minimum absolute atomic E-state index is 0.0734. The van der Waals surface area contributed by atoms with Crippen molar-refractivity contribution in [2.75, 3.05) is 0 Å². The van der Waals surface area contributed by atoms with Gasteiger partial charge in [0.15, 0.2) is 0 Å². The lowest BCUT2D eigenvalue weighted by Crippen LogP contribution is -2.47. The molecular weight excluding hydrogens is 304 g/mol. The Balaban J connectivity index is 1.89. The van der Waals surface area contributed by atoms with E-state index in [0.29, 0.717) is 6.42 Å². The zero-order chi connectivity index (χ0) is 18.1. The summed E-state index contributed by atoms with van der Waals surface area (Å²) < 4.78 is 0. The minimum Gasteiger partial charge on any atom is -0.385 e. The van der Waals surface area contributed by atoms with Crippen molar-refractivity contribution in [3.63, 3.8) is 0 Å². The molecule has 0 radical (unpaired) electrons. The Bertz CT molecular complexity index is 781.